The Kier molecular flexibility index (Phi) is 3.96. The maximum absolute atomic E-state index is 10.7. The largest absolute Gasteiger partial charge is 0.492 e. The third kappa shape index (κ3) is 2.95. The van der Waals surface area contributed by atoms with Gasteiger partial charge in [-0.05, 0) is 47.4 Å². The van der Waals surface area contributed by atoms with Crippen LogP contribution >= 0.6 is 15.9 Å². The van der Waals surface area contributed by atoms with Crippen molar-refractivity contribution < 1.29 is 9.66 Å². The van der Waals surface area contributed by atoms with Gasteiger partial charge in [0.25, 0.3) is 5.69 Å². The number of nitro benzene ring substituents is 1. The first kappa shape index (κ1) is 12.3. The quantitative estimate of drug-likeness (QED) is 0.670. The van der Waals surface area contributed by atoms with Crippen molar-refractivity contribution in [1.29, 1.82) is 0 Å². The molecule has 1 N–H and O–H groups in total. The van der Waals surface area contributed by atoms with Gasteiger partial charge in [0.2, 0.25) is 0 Å². The lowest BCUT2D eigenvalue weighted by Gasteiger charge is -2.26. The van der Waals surface area contributed by atoms with Gasteiger partial charge in [0, 0.05) is 6.07 Å². The van der Waals surface area contributed by atoms with Crippen molar-refractivity contribution in [2.24, 2.45) is 5.92 Å². The molecule has 1 heterocycles. The van der Waals surface area contributed by atoms with E-state index in [9.17, 15) is 10.1 Å². The van der Waals surface area contributed by atoms with Gasteiger partial charge in [-0.3, -0.25) is 10.1 Å². The highest BCUT2D eigenvalue weighted by atomic mass is 79.9. The van der Waals surface area contributed by atoms with E-state index in [0.29, 0.717) is 22.7 Å². The molecule has 0 radical (unpaired) electrons. The van der Waals surface area contributed by atoms with E-state index in [4.69, 9.17) is 4.74 Å². The minimum absolute atomic E-state index is 0.0350. The van der Waals surface area contributed by atoms with Crippen molar-refractivity contribution in [1.82, 2.24) is 5.32 Å². The number of hydrogen-bond donors (Lipinski definition) is 1. The van der Waals surface area contributed by atoms with E-state index in [1.807, 2.05) is 0 Å². The molecule has 17 heavy (non-hydrogen) atoms. The fourth-order valence-corrected chi connectivity index (χ4v) is 2.16. The van der Waals surface area contributed by atoms with Gasteiger partial charge in [0.15, 0.2) is 0 Å². The summed E-state index contributed by atoms with van der Waals surface area (Å²) in [6, 6.07) is 4.81. The molecule has 1 aromatic rings. The molecule has 0 unspecified atom stereocenters. The molecule has 2 rings (SSSR count). The van der Waals surface area contributed by atoms with Gasteiger partial charge in [-0.25, -0.2) is 0 Å². The topological polar surface area (TPSA) is 64.4 Å². The van der Waals surface area contributed by atoms with E-state index in [1.54, 1.807) is 12.1 Å². The molecule has 1 aliphatic heterocycles. The SMILES string of the molecule is O=[N+]([O-])c1cccc(OCCC2CNC2)c1Br. The van der Waals surface area contributed by atoms with Crippen LogP contribution < -0.4 is 10.1 Å². The molecule has 0 aliphatic carbocycles. The number of nitro groups is 1. The second kappa shape index (κ2) is 5.46. The molecule has 5 nitrogen and oxygen atoms in total. The second-order valence-corrected chi connectivity index (χ2v) is 4.80. The number of nitrogens with zero attached hydrogens (tertiary/aromatic N) is 1. The van der Waals surface area contributed by atoms with Crippen molar-refractivity contribution in [3.63, 3.8) is 0 Å². The highest BCUT2D eigenvalue weighted by Gasteiger charge is 2.18. The molecule has 6 heteroatoms. The number of benzene rings is 1. The summed E-state index contributed by atoms with van der Waals surface area (Å²) in [5.74, 6) is 1.21. The Labute approximate surface area is 107 Å². The Balaban J connectivity index is 1.95. The van der Waals surface area contributed by atoms with Crippen LogP contribution in [0.1, 0.15) is 6.42 Å². The van der Waals surface area contributed by atoms with Crippen LogP contribution in [0.15, 0.2) is 22.7 Å². The zero-order chi connectivity index (χ0) is 12.3. The van der Waals surface area contributed by atoms with Crippen LogP contribution in [0, 0.1) is 16.0 Å². The van der Waals surface area contributed by atoms with Gasteiger partial charge in [0.1, 0.15) is 10.2 Å². The molecule has 1 saturated heterocycles. The number of rotatable bonds is 5. The Morgan fingerprint density at radius 3 is 2.88 bits per heavy atom. The fourth-order valence-electron chi connectivity index (χ4n) is 1.64. The summed E-state index contributed by atoms with van der Waals surface area (Å²) in [4.78, 5) is 10.3. The molecular weight excluding hydrogens is 288 g/mol. The van der Waals surface area contributed by atoms with E-state index >= 15 is 0 Å². The average Bonchev–Trinajstić information content (AvgIpc) is 2.23. The average molecular weight is 301 g/mol. The summed E-state index contributed by atoms with van der Waals surface area (Å²) in [7, 11) is 0. The minimum Gasteiger partial charge on any atom is -0.492 e. The molecule has 1 aromatic carbocycles. The normalized spacial score (nSPS) is 15.4. The van der Waals surface area contributed by atoms with Crippen molar-refractivity contribution in [2.45, 2.75) is 6.42 Å². The summed E-state index contributed by atoms with van der Waals surface area (Å²) >= 11 is 3.20. The van der Waals surface area contributed by atoms with E-state index in [0.717, 1.165) is 19.5 Å². The zero-order valence-electron chi connectivity index (χ0n) is 9.19. The lowest BCUT2D eigenvalue weighted by Crippen LogP contribution is -2.42. The Hall–Kier alpha value is -1.14. The summed E-state index contributed by atoms with van der Waals surface area (Å²) in [6.45, 7) is 2.67. The van der Waals surface area contributed by atoms with Crippen LogP contribution in [-0.2, 0) is 0 Å². The standard InChI is InChI=1S/C11H13BrN2O3/c12-11-9(14(15)16)2-1-3-10(11)17-5-4-8-6-13-7-8/h1-3,8,13H,4-7H2. The fraction of sp³-hybridized carbons (Fsp3) is 0.455. The maximum atomic E-state index is 10.7. The van der Waals surface area contributed by atoms with Crippen molar-refractivity contribution >= 4 is 21.6 Å². The third-order valence-corrected chi connectivity index (χ3v) is 3.59. The summed E-state index contributed by atoms with van der Waals surface area (Å²) < 4.78 is 5.97. The van der Waals surface area contributed by atoms with Crippen molar-refractivity contribution in [2.75, 3.05) is 19.7 Å². The Bertz CT molecular complexity index is 421. The summed E-state index contributed by atoms with van der Waals surface area (Å²) in [6.07, 6.45) is 0.974. The van der Waals surface area contributed by atoms with Crippen molar-refractivity contribution in [3.8, 4) is 5.75 Å². The maximum Gasteiger partial charge on any atom is 0.287 e. The first-order valence-corrected chi connectivity index (χ1v) is 6.24. The number of ether oxygens (including phenoxy) is 1. The summed E-state index contributed by atoms with van der Waals surface area (Å²) in [5.41, 5.74) is 0.0350. The molecule has 0 saturated carbocycles. The Morgan fingerprint density at radius 2 is 2.29 bits per heavy atom. The summed E-state index contributed by atoms with van der Waals surface area (Å²) in [5, 5.41) is 13.9. The lowest BCUT2D eigenvalue weighted by molar-refractivity contribution is -0.385. The van der Waals surface area contributed by atoms with Crippen LogP contribution in [0.2, 0.25) is 0 Å². The van der Waals surface area contributed by atoms with Gasteiger partial charge in [-0.15, -0.1) is 0 Å². The van der Waals surface area contributed by atoms with Crippen LogP contribution in [0.5, 0.6) is 5.75 Å². The number of halogens is 1. The van der Waals surface area contributed by atoms with Gasteiger partial charge >= 0.3 is 0 Å². The highest BCUT2D eigenvalue weighted by Crippen LogP contribution is 2.33. The molecular formula is C11H13BrN2O3. The van der Waals surface area contributed by atoms with Gasteiger partial charge in [0.05, 0.1) is 11.5 Å². The van der Waals surface area contributed by atoms with E-state index in [-0.39, 0.29) is 5.69 Å². The predicted molar refractivity (Wildman–Crippen MR) is 67.3 cm³/mol. The van der Waals surface area contributed by atoms with E-state index in [2.05, 4.69) is 21.2 Å². The van der Waals surface area contributed by atoms with Crippen molar-refractivity contribution in [3.05, 3.63) is 32.8 Å². The molecule has 0 spiro atoms. The zero-order valence-corrected chi connectivity index (χ0v) is 10.8. The first-order valence-electron chi connectivity index (χ1n) is 5.45. The molecule has 0 aromatic heterocycles. The molecule has 0 bridgehead atoms. The van der Waals surface area contributed by atoms with E-state index in [1.165, 1.54) is 6.07 Å². The minimum atomic E-state index is -0.424. The molecule has 1 fully saturated rings. The highest BCUT2D eigenvalue weighted by molar-refractivity contribution is 9.10. The number of hydrogen-bond acceptors (Lipinski definition) is 4. The third-order valence-electron chi connectivity index (χ3n) is 2.79. The molecule has 92 valence electrons. The van der Waals surface area contributed by atoms with Gasteiger partial charge in [-0.2, -0.15) is 0 Å². The smallest absolute Gasteiger partial charge is 0.287 e. The van der Waals surface area contributed by atoms with Gasteiger partial charge < -0.3 is 10.1 Å². The molecule has 0 amide bonds. The monoisotopic (exact) mass is 300 g/mol. The lowest BCUT2D eigenvalue weighted by atomic mass is 10.0. The van der Waals surface area contributed by atoms with E-state index < -0.39 is 4.92 Å². The molecule has 0 atom stereocenters. The van der Waals surface area contributed by atoms with Crippen LogP contribution in [-0.4, -0.2) is 24.6 Å². The van der Waals surface area contributed by atoms with Crippen LogP contribution in [0.3, 0.4) is 0 Å². The van der Waals surface area contributed by atoms with Crippen LogP contribution in [0.4, 0.5) is 5.69 Å². The molecule has 1 aliphatic rings. The second-order valence-electron chi connectivity index (χ2n) is 4.01. The Morgan fingerprint density at radius 1 is 1.53 bits per heavy atom. The first-order chi connectivity index (χ1) is 8.18. The van der Waals surface area contributed by atoms with Crippen LogP contribution in [0.25, 0.3) is 0 Å². The number of nitrogens with one attached hydrogen (secondary N) is 1. The van der Waals surface area contributed by atoms with Gasteiger partial charge in [-0.1, -0.05) is 6.07 Å². The predicted octanol–water partition coefficient (Wildman–Crippen LogP) is 2.35.